The van der Waals surface area contributed by atoms with E-state index in [2.05, 4.69) is 22.2 Å². The van der Waals surface area contributed by atoms with E-state index in [-0.39, 0.29) is 12.0 Å². The number of nitrogens with one attached hydrogen (secondary N) is 2. The average Bonchev–Trinajstić information content (AvgIpc) is 2.94. The largest absolute Gasteiger partial charge is 0.313 e. The lowest BCUT2D eigenvalue weighted by Crippen LogP contribution is -2.42. The second-order valence-electron chi connectivity index (χ2n) is 10.9. The molecular weight excluding hydrogens is 502 g/mol. The third kappa shape index (κ3) is 6.50. The molecule has 2 aliphatic rings. The lowest BCUT2D eigenvalue weighted by Gasteiger charge is -2.37. The Balaban J connectivity index is 1.17. The van der Waals surface area contributed by atoms with E-state index >= 15 is 0 Å². The third-order valence-corrected chi connectivity index (χ3v) is 9.78. The van der Waals surface area contributed by atoms with Gasteiger partial charge in [-0.15, -0.1) is 0 Å². The van der Waals surface area contributed by atoms with Crippen molar-refractivity contribution in [3.8, 4) is 0 Å². The average molecular weight is 539 g/mol. The molecule has 1 fully saturated rings. The SMILES string of the molecule is O=S(=O)(NCC1CCC(CNC2CCc3cc(F)c(F)cc3C2Cc2ccccc2)CC1)c1ccccc1. The van der Waals surface area contributed by atoms with Gasteiger partial charge in [0, 0.05) is 18.5 Å². The van der Waals surface area contributed by atoms with Gasteiger partial charge in [0.1, 0.15) is 0 Å². The molecule has 5 rings (SSSR count). The van der Waals surface area contributed by atoms with Gasteiger partial charge in [-0.25, -0.2) is 21.9 Å². The van der Waals surface area contributed by atoms with Crippen LogP contribution in [0.4, 0.5) is 8.78 Å². The summed E-state index contributed by atoms with van der Waals surface area (Å²) in [5.74, 6) is -0.587. The highest BCUT2D eigenvalue weighted by molar-refractivity contribution is 7.89. The van der Waals surface area contributed by atoms with Crippen LogP contribution in [0.25, 0.3) is 0 Å². The van der Waals surface area contributed by atoms with E-state index in [1.807, 2.05) is 24.3 Å². The number of rotatable bonds is 9. The molecule has 2 aliphatic carbocycles. The summed E-state index contributed by atoms with van der Waals surface area (Å²) in [6.45, 7) is 1.36. The van der Waals surface area contributed by atoms with Crippen LogP contribution in [0.5, 0.6) is 0 Å². The zero-order valence-electron chi connectivity index (χ0n) is 21.6. The zero-order chi connectivity index (χ0) is 26.5. The van der Waals surface area contributed by atoms with Crippen LogP contribution in [-0.4, -0.2) is 27.5 Å². The summed E-state index contributed by atoms with van der Waals surface area (Å²) in [6, 6.07) is 21.7. The number of aryl methyl sites for hydroxylation is 1. The van der Waals surface area contributed by atoms with Crippen LogP contribution in [0, 0.1) is 23.5 Å². The van der Waals surface area contributed by atoms with Crippen molar-refractivity contribution in [1.29, 1.82) is 0 Å². The van der Waals surface area contributed by atoms with E-state index in [0.717, 1.165) is 62.6 Å². The monoisotopic (exact) mass is 538 g/mol. The first-order valence-electron chi connectivity index (χ1n) is 13.7. The molecule has 0 radical (unpaired) electrons. The van der Waals surface area contributed by atoms with Gasteiger partial charge in [-0.3, -0.25) is 0 Å². The van der Waals surface area contributed by atoms with Crippen molar-refractivity contribution in [2.75, 3.05) is 13.1 Å². The minimum atomic E-state index is -3.47. The lowest BCUT2D eigenvalue weighted by atomic mass is 9.75. The number of hydrogen-bond donors (Lipinski definition) is 2. The standard InChI is InChI=1S/C31H36F2N2O2S/c32-29-18-25-15-16-31(28(27(25)19-30(29)33)17-22-7-3-1-4-8-22)34-20-23-11-13-24(14-12-23)21-35-38(36,37)26-9-5-2-6-10-26/h1-10,18-19,23-24,28,31,34-35H,11-17,20-21H2. The normalized spacial score (nSPS) is 23.6. The fraction of sp³-hybridized carbons (Fsp3) is 0.419. The Morgan fingerprint density at radius 1 is 0.763 bits per heavy atom. The highest BCUT2D eigenvalue weighted by atomic mass is 32.2. The van der Waals surface area contributed by atoms with E-state index in [1.165, 1.54) is 17.7 Å². The van der Waals surface area contributed by atoms with Crippen molar-refractivity contribution in [1.82, 2.24) is 10.0 Å². The highest BCUT2D eigenvalue weighted by Gasteiger charge is 2.32. The fourth-order valence-electron chi connectivity index (χ4n) is 6.13. The first kappa shape index (κ1) is 27.0. The second kappa shape index (κ2) is 12.1. The molecule has 7 heteroatoms. The topological polar surface area (TPSA) is 58.2 Å². The first-order valence-corrected chi connectivity index (χ1v) is 15.2. The quantitative estimate of drug-likeness (QED) is 0.352. The van der Waals surface area contributed by atoms with Crippen LogP contribution in [0.1, 0.15) is 54.7 Å². The van der Waals surface area contributed by atoms with E-state index in [0.29, 0.717) is 23.3 Å². The van der Waals surface area contributed by atoms with Crippen molar-refractivity contribution < 1.29 is 17.2 Å². The first-order chi connectivity index (χ1) is 18.4. The maximum Gasteiger partial charge on any atom is 0.240 e. The van der Waals surface area contributed by atoms with Crippen molar-refractivity contribution in [3.63, 3.8) is 0 Å². The van der Waals surface area contributed by atoms with Crippen LogP contribution in [0.2, 0.25) is 0 Å². The van der Waals surface area contributed by atoms with Gasteiger partial charge in [-0.2, -0.15) is 0 Å². The molecule has 38 heavy (non-hydrogen) atoms. The molecule has 0 aliphatic heterocycles. The fourth-order valence-corrected chi connectivity index (χ4v) is 7.26. The predicted molar refractivity (Wildman–Crippen MR) is 146 cm³/mol. The van der Waals surface area contributed by atoms with Crippen molar-refractivity contribution in [2.45, 2.75) is 61.8 Å². The molecule has 0 bridgehead atoms. The maximum absolute atomic E-state index is 14.3. The van der Waals surface area contributed by atoms with Crippen LogP contribution in [0.3, 0.4) is 0 Å². The maximum atomic E-state index is 14.3. The summed E-state index contributed by atoms with van der Waals surface area (Å²) < 4.78 is 56.1. The summed E-state index contributed by atoms with van der Waals surface area (Å²) >= 11 is 0. The van der Waals surface area contributed by atoms with Gasteiger partial charge in [-0.1, -0.05) is 48.5 Å². The molecule has 2 N–H and O–H groups in total. The van der Waals surface area contributed by atoms with Gasteiger partial charge >= 0.3 is 0 Å². The van der Waals surface area contributed by atoms with E-state index in [4.69, 9.17) is 0 Å². The Morgan fingerprint density at radius 3 is 2.05 bits per heavy atom. The number of sulfonamides is 1. The van der Waals surface area contributed by atoms with E-state index in [9.17, 15) is 17.2 Å². The van der Waals surface area contributed by atoms with Crippen molar-refractivity contribution >= 4 is 10.0 Å². The van der Waals surface area contributed by atoms with Crippen molar-refractivity contribution in [3.05, 3.63) is 101 Å². The summed E-state index contributed by atoms with van der Waals surface area (Å²) in [6.07, 6.45) is 6.51. The van der Waals surface area contributed by atoms with Crippen LogP contribution in [0.15, 0.2) is 77.7 Å². The summed E-state index contributed by atoms with van der Waals surface area (Å²) in [5, 5.41) is 3.80. The molecule has 0 saturated heterocycles. The summed E-state index contributed by atoms with van der Waals surface area (Å²) in [4.78, 5) is 0.305. The number of halogens is 2. The van der Waals surface area contributed by atoms with Crippen LogP contribution in [-0.2, 0) is 22.9 Å². The van der Waals surface area contributed by atoms with Gasteiger partial charge in [0.05, 0.1) is 4.90 Å². The highest BCUT2D eigenvalue weighted by Crippen LogP contribution is 2.36. The molecule has 2 atom stereocenters. The minimum absolute atomic E-state index is 0.0833. The Labute approximate surface area is 224 Å². The van der Waals surface area contributed by atoms with Crippen LogP contribution >= 0.6 is 0 Å². The Kier molecular flexibility index (Phi) is 8.56. The molecule has 0 aromatic heterocycles. The minimum Gasteiger partial charge on any atom is -0.313 e. The Morgan fingerprint density at radius 2 is 1.37 bits per heavy atom. The Hall–Kier alpha value is -2.61. The van der Waals surface area contributed by atoms with Crippen molar-refractivity contribution in [2.24, 2.45) is 11.8 Å². The van der Waals surface area contributed by atoms with Crippen LogP contribution < -0.4 is 10.0 Å². The number of fused-ring (bicyclic) bond motifs is 1. The van der Waals surface area contributed by atoms with Gasteiger partial charge in [0.2, 0.25) is 10.0 Å². The van der Waals surface area contributed by atoms with Gasteiger partial charge in [0.15, 0.2) is 11.6 Å². The summed E-state index contributed by atoms with van der Waals surface area (Å²) in [5.41, 5.74) is 3.03. The predicted octanol–water partition coefficient (Wildman–Crippen LogP) is 5.98. The number of benzene rings is 3. The van der Waals surface area contributed by atoms with Gasteiger partial charge < -0.3 is 5.32 Å². The molecule has 4 nitrogen and oxygen atoms in total. The third-order valence-electron chi connectivity index (χ3n) is 8.34. The Bertz CT molecular complexity index is 1310. The molecular formula is C31H36F2N2O2S. The second-order valence-corrected chi connectivity index (χ2v) is 12.6. The van der Waals surface area contributed by atoms with Gasteiger partial charge in [-0.05, 0) is 104 Å². The molecule has 2 unspecified atom stereocenters. The smallest absolute Gasteiger partial charge is 0.240 e. The molecule has 202 valence electrons. The molecule has 0 spiro atoms. The molecule has 3 aromatic rings. The zero-order valence-corrected chi connectivity index (χ0v) is 22.4. The molecule has 0 heterocycles. The molecule has 1 saturated carbocycles. The number of hydrogen-bond acceptors (Lipinski definition) is 3. The lowest BCUT2D eigenvalue weighted by molar-refractivity contribution is 0.252. The summed E-state index contributed by atoms with van der Waals surface area (Å²) in [7, 11) is -3.47. The molecule has 3 aromatic carbocycles. The van der Waals surface area contributed by atoms with Gasteiger partial charge in [0.25, 0.3) is 0 Å². The molecule has 0 amide bonds. The van der Waals surface area contributed by atoms with E-state index in [1.54, 1.807) is 24.3 Å². The van der Waals surface area contributed by atoms with E-state index < -0.39 is 21.7 Å².